The highest BCUT2D eigenvalue weighted by Crippen LogP contribution is 2.11. The second kappa shape index (κ2) is 14.9. The first-order chi connectivity index (χ1) is 7.91. The van der Waals surface area contributed by atoms with E-state index < -0.39 is 0 Å². The largest absolute Gasteiger partial charge is 0.396 e. The van der Waals surface area contributed by atoms with Gasteiger partial charge in [0.2, 0.25) is 0 Å². The minimum absolute atomic E-state index is 0.355. The molecule has 16 heavy (non-hydrogen) atoms. The zero-order valence-electron chi connectivity index (χ0n) is 10.8. The van der Waals surface area contributed by atoms with E-state index in [1.54, 1.807) is 0 Å². The van der Waals surface area contributed by atoms with E-state index in [1.165, 1.54) is 64.2 Å². The van der Waals surface area contributed by atoms with Crippen molar-refractivity contribution in [2.45, 2.75) is 77.0 Å². The van der Waals surface area contributed by atoms with Crippen LogP contribution in [0.15, 0.2) is 0 Å². The highest BCUT2D eigenvalue weighted by molar-refractivity contribution is 4.48. The van der Waals surface area contributed by atoms with E-state index in [0.717, 1.165) is 12.8 Å². The van der Waals surface area contributed by atoms with Crippen molar-refractivity contribution in [2.24, 2.45) is 0 Å². The van der Waals surface area contributed by atoms with E-state index in [9.17, 15) is 0 Å². The van der Waals surface area contributed by atoms with Crippen molar-refractivity contribution in [1.82, 2.24) is 0 Å². The summed E-state index contributed by atoms with van der Waals surface area (Å²) in [7, 11) is 0. The van der Waals surface area contributed by atoms with Crippen LogP contribution >= 0.6 is 0 Å². The first-order valence-corrected chi connectivity index (χ1v) is 7.13. The summed E-state index contributed by atoms with van der Waals surface area (Å²) < 4.78 is 0. The molecule has 0 radical (unpaired) electrons. The molecule has 0 aliphatic rings. The molecule has 0 heterocycles. The van der Waals surface area contributed by atoms with Crippen LogP contribution in [0.1, 0.15) is 77.0 Å². The molecule has 0 saturated heterocycles. The molecule has 0 bridgehead atoms. The number of aliphatic hydroxyl groups excluding tert-OH is 2. The van der Waals surface area contributed by atoms with Gasteiger partial charge in [0, 0.05) is 13.2 Å². The Morgan fingerprint density at radius 1 is 0.312 bits per heavy atom. The SMILES string of the molecule is OCCCCCCCCCCCCCCO. The van der Waals surface area contributed by atoms with Gasteiger partial charge < -0.3 is 10.2 Å². The number of aliphatic hydroxyl groups is 2. The Morgan fingerprint density at radius 3 is 0.688 bits per heavy atom. The zero-order valence-corrected chi connectivity index (χ0v) is 10.8. The minimum atomic E-state index is 0.355. The van der Waals surface area contributed by atoms with Gasteiger partial charge in [-0.05, 0) is 12.8 Å². The molecule has 2 N–H and O–H groups in total. The Labute approximate surface area is 101 Å². The van der Waals surface area contributed by atoms with E-state index in [0.29, 0.717) is 13.2 Å². The van der Waals surface area contributed by atoms with E-state index in [1.807, 2.05) is 0 Å². The predicted molar refractivity (Wildman–Crippen MR) is 69.6 cm³/mol. The Kier molecular flexibility index (Phi) is 14.8. The molecule has 0 atom stereocenters. The van der Waals surface area contributed by atoms with Crippen LogP contribution in [-0.2, 0) is 0 Å². The van der Waals surface area contributed by atoms with Gasteiger partial charge >= 0.3 is 0 Å². The molecule has 0 aliphatic carbocycles. The second-order valence-corrected chi connectivity index (χ2v) is 4.69. The summed E-state index contributed by atoms with van der Waals surface area (Å²) in [4.78, 5) is 0. The highest BCUT2D eigenvalue weighted by Gasteiger charge is 1.93. The van der Waals surface area contributed by atoms with Gasteiger partial charge in [0.1, 0.15) is 0 Å². The molecule has 0 aromatic rings. The van der Waals surface area contributed by atoms with Crippen LogP contribution in [0.5, 0.6) is 0 Å². The van der Waals surface area contributed by atoms with Crippen molar-refractivity contribution >= 4 is 0 Å². The molecule has 0 unspecified atom stereocenters. The van der Waals surface area contributed by atoms with Gasteiger partial charge in [-0.1, -0.05) is 64.2 Å². The van der Waals surface area contributed by atoms with Gasteiger partial charge in [0.25, 0.3) is 0 Å². The van der Waals surface area contributed by atoms with E-state index in [2.05, 4.69) is 0 Å². The lowest BCUT2D eigenvalue weighted by atomic mass is 10.1. The van der Waals surface area contributed by atoms with Crippen molar-refractivity contribution in [3.8, 4) is 0 Å². The quantitative estimate of drug-likeness (QED) is 0.474. The fourth-order valence-electron chi connectivity index (χ4n) is 1.99. The van der Waals surface area contributed by atoms with Gasteiger partial charge in [0.05, 0.1) is 0 Å². The maximum absolute atomic E-state index is 8.61. The average molecular weight is 230 g/mol. The smallest absolute Gasteiger partial charge is 0.0431 e. The lowest BCUT2D eigenvalue weighted by Crippen LogP contribution is -1.85. The van der Waals surface area contributed by atoms with Gasteiger partial charge in [-0.15, -0.1) is 0 Å². The highest BCUT2D eigenvalue weighted by atomic mass is 16.3. The van der Waals surface area contributed by atoms with E-state index in [4.69, 9.17) is 10.2 Å². The van der Waals surface area contributed by atoms with Gasteiger partial charge in [-0.3, -0.25) is 0 Å². The molecule has 0 aliphatic heterocycles. The summed E-state index contributed by atoms with van der Waals surface area (Å²) in [5.74, 6) is 0. The summed E-state index contributed by atoms with van der Waals surface area (Å²) in [6.07, 6.45) is 15.1. The Morgan fingerprint density at radius 2 is 0.500 bits per heavy atom. The topological polar surface area (TPSA) is 40.5 Å². The second-order valence-electron chi connectivity index (χ2n) is 4.69. The number of hydrogen-bond donors (Lipinski definition) is 2. The fraction of sp³-hybridized carbons (Fsp3) is 1.00. The van der Waals surface area contributed by atoms with Crippen molar-refractivity contribution in [1.29, 1.82) is 0 Å². The number of hydrogen-bond acceptors (Lipinski definition) is 2. The first kappa shape index (κ1) is 15.9. The van der Waals surface area contributed by atoms with E-state index in [-0.39, 0.29) is 0 Å². The molecule has 0 spiro atoms. The first-order valence-electron chi connectivity index (χ1n) is 7.13. The van der Waals surface area contributed by atoms with Gasteiger partial charge in [-0.25, -0.2) is 0 Å². The normalized spacial score (nSPS) is 10.9. The van der Waals surface area contributed by atoms with Crippen molar-refractivity contribution in [2.75, 3.05) is 13.2 Å². The molecule has 0 aromatic carbocycles. The maximum atomic E-state index is 8.61. The van der Waals surface area contributed by atoms with Crippen LogP contribution in [0.3, 0.4) is 0 Å². The van der Waals surface area contributed by atoms with Crippen LogP contribution in [-0.4, -0.2) is 23.4 Å². The molecule has 2 heteroatoms. The molecular weight excluding hydrogens is 200 g/mol. The van der Waals surface area contributed by atoms with Crippen molar-refractivity contribution in [3.05, 3.63) is 0 Å². The maximum Gasteiger partial charge on any atom is 0.0431 e. The summed E-state index contributed by atoms with van der Waals surface area (Å²) >= 11 is 0. The standard InChI is InChI=1S/C14H30O2/c15-13-11-9-7-5-3-1-2-4-6-8-10-12-14-16/h15-16H,1-14H2. The Balaban J connectivity index is 2.83. The van der Waals surface area contributed by atoms with Crippen molar-refractivity contribution in [3.63, 3.8) is 0 Å². The van der Waals surface area contributed by atoms with Crippen LogP contribution < -0.4 is 0 Å². The third-order valence-corrected chi connectivity index (χ3v) is 3.07. The van der Waals surface area contributed by atoms with Crippen molar-refractivity contribution < 1.29 is 10.2 Å². The van der Waals surface area contributed by atoms with Crippen LogP contribution in [0.4, 0.5) is 0 Å². The summed E-state index contributed by atoms with van der Waals surface area (Å²) in [6.45, 7) is 0.710. The summed E-state index contributed by atoms with van der Waals surface area (Å²) in [6, 6.07) is 0. The van der Waals surface area contributed by atoms with Gasteiger partial charge in [-0.2, -0.15) is 0 Å². The van der Waals surface area contributed by atoms with E-state index >= 15 is 0 Å². The Hall–Kier alpha value is -0.0800. The fourth-order valence-corrected chi connectivity index (χ4v) is 1.99. The van der Waals surface area contributed by atoms with Crippen LogP contribution in [0.25, 0.3) is 0 Å². The van der Waals surface area contributed by atoms with Crippen LogP contribution in [0.2, 0.25) is 0 Å². The molecule has 98 valence electrons. The lowest BCUT2D eigenvalue weighted by Gasteiger charge is -2.02. The van der Waals surface area contributed by atoms with Crippen LogP contribution in [0, 0.1) is 0 Å². The average Bonchev–Trinajstić information content (AvgIpc) is 2.31. The predicted octanol–water partition coefficient (Wildman–Crippen LogP) is 3.65. The summed E-state index contributed by atoms with van der Waals surface area (Å²) in [5, 5.41) is 17.2. The van der Waals surface area contributed by atoms with Gasteiger partial charge in [0.15, 0.2) is 0 Å². The third-order valence-electron chi connectivity index (χ3n) is 3.07. The number of unbranched alkanes of at least 4 members (excludes halogenated alkanes) is 11. The minimum Gasteiger partial charge on any atom is -0.396 e. The number of rotatable bonds is 13. The molecule has 2 nitrogen and oxygen atoms in total. The third kappa shape index (κ3) is 13.9. The monoisotopic (exact) mass is 230 g/mol. The molecule has 0 saturated carbocycles. The molecule has 0 fully saturated rings. The molecule has 0 rings (SSSR count). The molecular formula is C14H30O2. The zero-order chi connectivity index (χ0) is 11.9. The molecule has 0 amide bonds. The molecule has 0 aromatic heterocycles. The Bertz CT molecular complexity index is 101. The summed E-state index contributed by atoms with van der Waals surface area (Å²) in [5.41, 5.74) is 0. The lowest BCUT2D eigenvalue weighted by molar-refractivity contribution is 0.281.